The Morgan fingerprint density at radius 2 is 1.91 bits per heavy atom. The number of rotatable bonds is 3. The lowest BCUT2D eigenvalue weighted by molar-refractivity contribution is -0.137. The van der Waals surface area contributed by atoms with Gasteiger partial charge in [-0.25, -0.2) is 14.2 Å². The van der Waals surface area contributed by atoms with Gasteiger partial charge < -0.3 is 14.7 Å². The number of halogens is 2. The molecule has 7 nitrogen and oxygen atoms in total. The molecule has 0 spiro atoms. The number of imide groups is 1. The van der Waals surface area contributed by atoms with Crippen LogP contribution >= 0.6 is 11.6 Å². The van der Waals surface area contributed by atoms with Crippen molar-refractivity contribution in [2.24, 2.45) is 4.99 Å². The summed E-state index contributed by atoms with van der Waals surface area (Å²) in [6.07, 6.45) is -0.619. The topological polar surface area (TPSA) is 59.5 Å². The van der Waals surface area contributed by atoms with Crippen molar-refractivity contribution in [3.8, 4) is 0 Å². The Balaban J connectivity index is 1.46. The largest absolute Gasteiger partial charge is 0.328 e. The van der Waals surface area contributed by atoms with E-state index in [2.05, 4.69) is 30.9 Å². The molecule has 2 saturated heterocycles. The third-order valence-corrected chi connectivity index (χ3v) is 6.91. The van der Waals surface area contributed by atoms with Gasteiger partial charge in [-0.1, -0.05) is 23.7 Å². The molecule has 3 aliphatic heterocycles. The molecule has 3 aliphatic rings. The number of fused-ring (bicyclic) bond motifs is 3. The Kier molecular flexibility index (Phi) is 4.85. The molecule has 3 amide bonds. The quantitative estimate of drug-likeness (QED) is 0.712. The number of likely N-dealkylation sites (N-methyl/N-ethyl adjacent to an activating group) is 1. The van der Waals surface area contributed by atoms with Gasteiger partial charge in [0.05, 0.1) is 6.54 Å². The second-order valence-corrected chi connectivity index (χ2v) is 8.83. The lowest BCUT2D eigenvalue weighted by Gasteiger charge is -2.40. The van der Waals surface area contributed by atoms with Crippen LogP contribution in [0.15, 0.2) is 41.4 Å². The van der Waals surface area contributed by atoms with Gasteiger partial charge in [-0.3, -0.25) is 9.69 Å². The zero-order chi connectivity index (χ0) is 22.7. The van der Waals surface area contributed by atoms with Crippen LogP contribution in [-0.2, 0) is 11.3 Å². The molecule has 2 atom stereocenters. The van der Waals surface area contributed by atoms with Crippen LogP contribution in [0.3, 0.4) is 0 Å². The van der Waals surface area contributed by atoms with Crippen LogP contribution < -0.4 is 4.90 Å². The summed E-state index contributed by atoms with van der Waals surface area (Å²) in [5.41, 5.74) is 3.51. The van der Waals surface area contributed by atoms with Crippen molar-refractivity contribution in [2.45, 2.75) is 32.6 Å². The van der Waals surface area contributed by atoms with Gasteiger partial charge in [-0.15, -0.1) is 0 Å². The number of aliphatic imine (C=N–C) groups is 1. The first-order valence-corrected chi connectivity index (χ1v) is 10.9. The van der Waals surface area contributed by atoms with Crippen molar-refractivity contribution in [1.29, 1.82) is 0 Å². The molecule has 0 bridgehead atoms. The van der Waals surface area contributed by atoms with E-state index in [1.165, 1.54) is 28.2 Å². The fraction of sp³-hybridized carbons (Fsp3) is 0.348. The lowest BCUT2D eigenvalue weighted by atomic mass is 10.1. The number of hydrogen-bond acceptors (Lipinski definition) is 5. The molecule has 0 radical (unpaired) electrons. The fourth-order valence-electron chi connectivity index (χ4n) is 4.56. The first kappa shape index (κ1) is 20.8. The second-order valence-electron chi connectivity index (χ2n) is 8.42. The molecule has 0 N–H and O–H groups in total. The van der Waals surface area contributed by atoms with Gasteiger partial charge in [0.25, 0.3) is 5.91 Å². The van der Waals surface area contributed by atoms with E-state index in [0.717, 1.165) is 10.6 Å². The number of amides is 3. The summed E-state index contributed by atoms with van der Waals surface area (Å²) in [4.78, 5) is 37.8. The number of carbonyl (C=O) groups excluding carboxylic acids is 2. The molecule has 2 unspecified atom stereocenters. The minimum absolute atomic E-state index is 0.125. The molecule has 9 heteroatoms. The monoisotopic (exact) mass is 455 g/mol. The number of urea groups is 1. The van der Waals surface area contributed by atoms with Gasteiger partial charge in [0.2, 0.25) is 5.96 Å². The van der Waals surface area contributed by atoms with Crippen molar-refractivity contribution in [2.75, 3.05) is 25.0 Å². The number of carbonyl (C=O) groups is 2. The molecule has 2 aromatic rings. The molecule has 0 aliphatic carbocycles. The fourth-order valence-corrected chi connectivity index (χ4v) is 4.78. The standard InChI is InChI=1S/C23H23ClFN5O2/c1-13-7-8-15(11-14(13)2)28-9-10-29-19-20(26-22(28)29)27(3)23(32)30(21(19)31)12-16-17(24)5-4-6-18(16)25/h4-8,11,19-20H,9-10,12H2,1-3H3. The average molecular weight is 456 g/mol. The van der Waals surface area contributed by atoms with E-state index in [0.29, 0.717) is 19.0 Å². The van der Waals surface area contributed by atoms with Gasteiger partial charge in [0, 0.05) is 36.4 Å². The summed E-state index contributed by atoms with van der Waals surface area (Å²) in [5, 5.41) is 0.181. The van der Waals surface area contributed by atoms with Crippen LogP contribution in [0.2, 0.25) is 5.02 Å². The Morgan fingerprint density at radius 1 is 1.12 bits per heavy atom. The van der Waals surface area contributed by atoms with E-state index in [9.17, 15) is 14.0 Å². The second kappa shape index (κ2) is 7.48. The van der Waals surface area contributed by atoms with E-state index < -0.39 is 30.0 Å². The molecule has 0 aromatic heterocycles. The highest BCUT2D eigenvalue weighted by molar-refractivity contribution is 6.31. The molecule has 2 aromatic carbocycles. The molecular weight excluding hydrogens is 433 g/mol. The number of aryl methyl sites for hydroxylation is 2. The van der Waals surface area contributed by atoms with Gasteiger partial charge in [-0.05, 0) is 49.2 Å². The maximum absolute atomic E-state index is 14.4. The van der Waals surface area contributed by atoms with Crippen LogP contribution in [-0.4, -0.2) is 64.9 Å². The van der Waals surface area contributed by atoms with Crippen LogP contribution in [0.5, 0.6) is 0 Å². The predicted octanol–water partition coefficient (Wildman–Crippen LogP) is 3.38. The van der Waals surface area contributed by atoms with Crippen molar-refractivity contribution in [3.63, 3.8) is 0 Å². The van der Waals surface area contributed by atoms with Crippen molar-refractivity contribution >= 4 is 35.2 Å². The van der Waals surface area contributed by atoms with E-state index in [4.69, 9.17) is 16.6 Å². The summed E-state index contributed by atoms with van der Waals surface area (Å²) in [6, 6.07) is 9.36. The molecule has 5 rings (SSSR count). The van der Waals surface area contributed by atoms with Gasteiger partial charge in [0.15, 0.2) is 12.2 Å². The van der Waals surface area contributed by atoms with Gasteiger partial charge in [-0.2, -0.15) is 0 Å². The van der Waals surface area contributed by atoms with E-state index in [-0.39, 0.29) is 17.1 Å². The molecular formula is C23H23ClFN5O2. The molecule has 32 heavy (non-hydrogen) atoms. The van der Waals surface area contributed by atoms with Crippen LogP contribution in [0.25, 0.3) is 0 Å². The maximum atomic E-state index is 14.4. The lowest BCUT2D eigenvalue weighted by Crippen LogP contribution is -2.64. The molecule has 0 saturated carbocycles. The van der Waals surface area contributed by atoms with Crippen molar-refractivity contribution < 1.29 is 14.0 Å². The summed E-state index contributed by atoms with van der Waals surface area (Å²) < 4.78 is 14.4. The van der Waals surface area contributed by atoms with Gasteiger partial charge in [0.1, 0.15) is 5.82 Å². The zero-order valence-electron chi connectivity index (χ0n) is 18.0. The summed E-state index contributed by atoms with van der Waals surface area (Å²) in [7, 11) is 1.62. The highest BCUT2D eigenvalue weighted by atomic mass is 35.5. The average Bonchev–Trinajstić information content (AvgIpc) is 3.33. The van der Waals surface area contributed by atoms with Crippen LogP contribution in [0.4, 0.5) is 14.9 Å². The third-order valence-electron chi connectivity index (χ3n) is 6.56. The normalized spacial score (nSPS) is 22.5. The Labute approximate surface area is 190 Å². The highest BCUT2D eigenvalue weighted by Crippen LogP contribution is 2.35. The number of benzene rings is 2. The van der Waals surface area contributed by atoms with Crippen LogP contribution in [0.1, 0.15) is 16.7 Å². The minimum Gasteiger partial charge on any atom is -0.325 e. The van der Waals surface area contributed by atoms with E-state index in [1.54, 1.807) is 13.1 Å². The first-order valence-electron chi connectivity index (χ1n) is 10.5. The Morgan fingerprint density at radius 3 is 2.62 bits per heavy atom. The van der Waals surface area contributed by atoms with Gasteiger partial charge >= 0.3 is 6.03 Å². The van der Waals surface area contributed by atoms with Crippen LogP contribution in [0, 0.1) is 19.7 Å². The summed E-state index contributed by atoms with van der Waals surface area (Å²) >= 11 is 6.15. The first-order chi connectivity index (χ1) is 15.3. The molecule has 2 fully saturated rings. The maximum Gasteiger partial charge on any atom is 0.328 e. The predicted molar refractivity (Wildman–Crippen MR) is 120 cm³/mol. The third kappa shape index (κ3) is 3.04. The Bertz CT molecular complexity index is 1150. The highest BCUT2D eigenvalue weighted by Gasteiger charge is 2.54. The number of guanidine groups is 1. The minimum atomic E-state index is -0.644. The number of nitrogens with zero attached hydrogens (tertiary/aromatic N) is 5. The Hall–Kier alpha value is -3.13. The number of anilines is 1. The zero-order valence-corrected chi connectivity index (χ0v) is 18.8. The number of hydrogen-bond donors (Lipinski definition) is 0. The van der Waals surface area contributed by atoms with Crippen molar-refractivity contribution in [1.82, 2.24) is 14.7 Å². The van der Waals surface area contributed by atoms with E-state index >= 15 is 0 Å². The van der Waals surface area contributed by atoms with Crippen molar-refractivity contribution in [3.05, 3.63) is 63.9 Å². The summed E-state index contributed by atoms with van der Waals surface area (Å²) in [6.45, 7) is 5.20. The summed E-state index contributed by atoms with van der Waals surface area (Å²) in [5.74, 6) is -0.256. The molecule has 3 heterocycles. The van der Waals surface area contributed by atoms with E-state index in [1.807, 2.05) is 11.0 Å². The molecule has 166 valence electrons. The SMILES string of the molecule is Cc1ccc(N2CCN3C2=NC2C3C(=O)N(Cc3c(F)cccc3Cl)C(=O)N2C)cc1C. The smallest absolute Gasteiger partial charge is 0.325 e.